The average molecular weight is 287 g/mol. The predicted molar refractivity (Wildman–Crippen MR) is 57.6 cm³/mol. The highest BCUT2D eigenvalue weighted by Crippen LogP contribution is 2.41. The molecule has 0 bridgehead atoms. The zero-order valence-corrected chi connectivity index (χ0v) is 10.1. The second-order valence-electron chi connectivity index (χ2n) is 3.20. The van der Waals surface area contributed by atoms with Crippen molar-refractivity contribution in [1.29, 1.82) is 0 Å². The molecule has 17 heavy (non-hydrogen) atoms. The first-order chi connectivity index (χ1) is 7.70. The topological polar surface area (TPSA) is 17.1 Å². The van der Waals surface area contributed by atoms with Gasteiger partial charge in [-0.3, -0.25) is 4.79 Å². The lowest BCUT2D eigenvalue weighted by molar-refractivity contribution is -0.116. The lowest BCUT2D eigenvalue weighted by Crippen LogP contribution is -2.06. The van der Waals surface area contributed by atoms with Crippen molar-refractivity contribution in [2.45, 2.75) is 22.7 Å². The Bertz CT molecular complexity index is 433. The number of thioether (sulfide) groups is 1. The monoisotopic (exact) mass is 286 g/mol. The quantitative estimate of drug-likeness (QED) is 0.468. The molecular weight excluding hydrogens is 280 g/mol. The second kappa shape index (κ2) is 5.27. The minimum atomic E-state index is -4.56. The van der Waals surface area contributed by atoms with Crippen LogP contribution in [0.1, 0.15) is 17.9 Å². The first kappa shape index (κ1) is 14.3. The Morgan fingerprint density at radius 1 is 1.41 bits per heavy atom. The van der Waals surface area contributed by atoms with Gasteiger partial charge >= 0.3 is 5.51 Å². The van der Waals surface area contributed by atoms with Gasteiger partial charge in [-0.1, -0.05) is 6.07 Å². The van der Waals surface area contributed by atoms with E-state index in [0.717, 1.165) is 19.1 Å². The van der Waals surface area contributed by atoms with Crippen LogP contribution in [-0.4, -0.2) is 11.3 Å². The molecule has 0 radical (unpaired) electrons. The van der Waals surface area contributed by atoms with Crippen LogP contribution >= 0.6 is 23.4 Å². The highest BCUT2D eigenvalue weighted by Gasteiger charge is 2.32. The van der Waals surface area contributed by atoms with Crippen LogP contribution < -0.4 is 0 Å². The smallest absolute Gasteiger partial charge is 0.298 e. The maximum Gasteiger partial charge on any atom is 0.446 e. The van der Waals surface area contributed by atoms with E-state index in [-0.39, 0.29) is 5.56 Å². The summed E-state index contributed by atoms with van der Waals surface area (Å²) in [6.07, 6.45) is 0. The van der Waals surface area contributed by atoms with Crippen LogP contribution in [-0.2, 0) is 4.79 Å². The summed E-state index contributed by atoms with van der Waals surface area (Å²) in [6.45, 7) is 1.16. The van der Waals surface area contributed by atoms with Crippen molar-refractivity contribution in [3.05, 3.63) is 29.6 Å². The van der Waals surface area contributed by atoms with E-state index < -0.39 is 39.1 Å². The molecule has 0 N–H and O–H groups in total. The SMILES string of the molecule is CC(=O)C(Cl)c1ccc(F)cc1SC(F)(F)F. The molecule has 0 amide bonds. The highest BCUT2D eigenvalue weighted by atomic mass is 35.5. The first-order valence-electron chi connectivity index (χ1n) is 4.40. The van der Waals surface area contributed by atoms with Crippen LogP contribution in [0.2, 0.25) is 0 Å². The molecule has 1 nitrogen and oxygen atoms in total. The Labute approximate surface area is 104 Å². The molecule has 0 saturated carbocycles. The Balaban J connectivity index is 3.17. The van der Waals surface area contributed by atoms with E-state index in [1.165, 1.54) is 0 Å². The molecule has 1 rings (SSSR count). The summed E-state index contributed by atoms with van der Waals surface area (Å²) in [5.74, 6) is -1.31. The summed E-state index contributed by atoms with van der Waals surface area (Å²) >= 11 is 5.19. The van der Waals surface area contributed by atoms with Crippen molar-refractivity contribution >= 4 is 29.1 Å². The molecule has 7 heteroatoms. The van der Waals surface area contributed by atoms with Gasteiger partial charge in [0.15, 0.2) is 5.78 Å². The van der Waals surface area contributed by atoms with E-state index in [4.69, 9.17) is 11.6 Å². The van der Waals surface area contributed by atoms with Crippen molar-refractivity contribution in [3.63, 3.8) is 0 Å². The van der Waals surface area contributed by atoms with E-state index in [2.05, 4.69) is 0 Å². The third-order valence-corrected chi connectivity index (χ3v) is 3.18. The normalized spacial score (nSPS) is 13.5. The van der Waals surface area contributed by atoms with E-state index in [1.54, 1.807) is 0 Å². The third kappa shape index (κ3) is 4.20. The van der Waals surface area contributed by atoms with Crippen molar-refractivity contribution < 1.29 is 22.4 Å². The molecular formula is C10H7ClF4OS. The third-order valence-electron chi connectivity index (χ3n) is 1.83. The van der Waals surface area contributed by atoms with E-state index in [1.807, 2.05) is 0 Å². The predicted octanol–water partition coefficient (Wildman–Crippen LogP) is 4.31. The Morgan fingerprint density at radius 3 is 2.47 bits per heavy atom. The number of Topliss-reactive ketones (excluding diaryl/α,β-unsaturated/α-hetero) is 1. The van der Waals surface area contributed by atoms with Crippen LogP contribution in [0.3, 0.4) is 0 Å². The van der Waals surface area contributed by atoms with Gasteiger partial charge in [0.1, 0.15) is 11.2 Å². The number of hydrogen-bond donors (Lipinski definition) is 0. The van der Waals surface area contributed by atoms with Crippen LogP contribution in [0, 0.1) is 5.82 Å². The fourth-order valence-corrected chi connectivity index (χ4v) is 2.13. The van der Waals surface area contributed by atoms with Crippen LogP contribution in [0.25, 0.3) is 0 Å². The van der Waals surface area contributed by atoms with Crippen molar-refractivity contribution in [1.82, 2.24) is 0 Å². The largest absolute Gasteiger partial charge is 0.446 e. The summed E-state index contributed by atoms with van der Waals surface area (Å²) in [6, 6.07) is 2.77. The van der Waals surface area contributed by atoms with Gasteiger partial charge in [-0.15, -0.1) is 11.6 Å². The Morgan fingerprint density at radius 2 is 2.00 bits per heavy atom. The molecule has 0 aliphatic carbocycles. The maximum atomic E-state index is 12.9. The van der Waals surface area contributed by atoms with Gasteiger partial charge in [0.05, 0.1) is 0 Å². The zero-order chi connectivity index (χ0) is 13.2. The molecule has 0 aliphatic rings. The van der Waals surface area contributed by atoms with Crippen LogP contribution in [0.15, 0.2) is 23.1 Å². The number of benzene rings is 1. The number of halogens is 5. The molecule has 94 valence electrons. The fraction of sp³-hybridized carbons (Fsp3) is 0.300. The molecule has 0 saturated heterocycles. The molecule has 0 aromatic heterocycles. The van der Waals surface area contributed by atoms with Gasteiger partial charge in [-0.2, -0.15) is 13.2 Å². The first-order valence-corrected chi connectivity index (χ1v) is 5.65. The summed E-state index contributed by atoms with van der Waals surface area (Å²) in [7, 11) is 0. The molecule has 1 aromatic rings. The zero-order valence-electron chi connectivity index (χ0n) is 8.52. The van der Waals surface area contributed by atoms with Crippen molar-refractivity contribution in [2.24, 2.45) is 0 Å². The van der Waals surface area contributed by atoms with Gasteiger partial charge in [-0.25, -0.2) is 4.39 Å². The number of alkyl halides is 4. The number of hydrogen-bond acceptors (Lipinski definition) is 2. The van der Waals surface area contributed by atoms with Gasteiger partial charge in [-0.05, 0) is 36.4 Å². The molecule has 1 atom stereocenters. The number of ketones is 1. The summed E-state index contributed by atoms with van der Waals surface area (Å²) < 4.78 is 49.6. The van der Waals surface area contributed by atoms with Crippen LogP contribution in [0.4, 0.5) is 17.6 Å². The molecule has 1 unspecified atom stereocenters. The lowest BCUT2D eigenvalue weighted by atomic mass is 10.1. The van der Waals surface area contributed by atoms with Crippen molar-refractivity contribution in [2.75, 3.05) is 0 Å². The number of carbonyl (C=O) groups is 1. The molecule has 0 fully saturated rings. The van der Waals surface area contributed by atoms with Gasteiger partial charge in [0.2, 0.25) is 0 Å². The minimum absolute atomic E-state index is 0.0390. The average Bonchev–Trinajstić information content (AvgIpc) is 2.14. The van der Waals surface area contributed by atoms with E-state index in [0.29, 0.717) is 6.07 Å². The highest BCUT2D eigenvalue weighted by molar-refractivity contribution is 8.00. The molecule has 0 aliphatic heterocycles. The summed E-state index contributed by atoms with van der Waals surface area (Å²) in [4.78, 5) is 10.6. The number of carbonyl (C=O) groups excluding carboxylic acids is 1. The van der Waals surface area contributed by atoms with Gasteiger partial charge in [0, 0.05) is 4.90 Å². The number of rotatable bonds is 3. The standard InChI is InChI=1S/C10H7ClF4OS/c1-5(16)9(11)7-3-2-6(12)4-8(7)17-10(13,14)15/h2-4,9H,1H3. The summed E-state index contributed by atoms with van der Waals surface area (Å²) in [5, 5.41) is -1.21. The van der Waals surface area contributed by atoms with E-state index >= 15 is 0 Å². The molecule has 0 spiro atoms. The van der Waals surface area contributed by atoms with E-state index in [9.17, 15) is 22.4 Å². The Kier molecular flexibility index (Phi) is 4.43. The van der Waals surface area contributed by atoms with Gasteiger partial charge < -0.3 is 0 Å². The molecule has 1 aromatic carbocycles. The minimum Gasteiger partial charge on any atom is -0.298 e. The fourth-order valence-electron chi connectivity index (χ4n) is 1.15. The summed E-state index contributed by atoms with van der Waals surface area (Å²) in [5.41, 5.74) is -4.60. The maximum absolute atomic E-state index is 12.9. The lowest BCUT2D eigenvalue weighted by Gasteiger charge is -2.13. The second-order valence-corrected chi connectivity index (χ2v) is 4.75. The van der Waals surface area contributed by atoms with Crippen molar-refractivity contribution in [3.8, 4) is 0 Å². The van der Waals surface area contributed by atoms with Gasteiger partial charge in [0.25, 0.3) is 0 Å². The van der Waals surface area contributed by atoms with Crippen LogP contribution in [0.5, 0.6) is 0 Å². The molecule has 0 heterocycles. The Hall–Kier alpha value is -0.750.